The van der Waals surface area contributed by atoms with Crippen LogP contribution in [0.3, 0.4) is 0 Å². The molecule has 0 aliphatic rings. The Morgan fingerprint density at radius 1 is 1.17 bits per heavy atom. The van der Waals surface area contributed by atoms with Crippen molar-refractivity contribution in [3.63, 3.8) is 0 Å². The molecule has 30 heavy (non-hydrogen) atoms. The van der Waals surface area contributed by atoms with Crippen molar-refractivity contribution in [2.24, 2.45) is 0 Å². The molecular weight excluding hydrogens is 521 g/mol. The number of amides is 1. The molecule has 4 rings (SSSR count). The number of nitrogens with one attached hydrogen (secondary N) is 1. The van der Waals surface area contributed by atoms with Gasteiger partial charge in [-0.05, 0) is 59.0 Å². The van der Waals surface area contributed by atoms with Crippen LogP contribution in [-0.4, -0.2) is 20.8 Å². The van der Waals surface area contributed by atoms with Gasteiger partial charge in [-0.15, -0.1) is 0 Å². The van der Waals surface area contributed by atoms with Gasteiger partial charge in [0, 0.05) is 9.64 Å². The highest BCUT2D eigenvalue weighted by Gasteiger charge is 2.36. The van der Waals surface area contributed by atoms with Gasteiger partial charge in [0.25, 0.3) is 5.91 Å². The minimum Gasteiger partial charge on any atom is -0.380 e. The SMILES string of the molecule is Nc1noc2ccc(-n3nc(C(F)(F)F)cc3C(=O)Nc3ccc(I)cc3F)cc12. The van der Waals surface area contributed by atoms with E-state index in [4.69, 9.17) is 10.3 Å². The molecule has 12 heteroatoms. The quantitative estimate of drug-likeness (QED) is 0.297. The van der Waals surface area contributed by atoms with Crippen LogP contribution in [0.2, 0.25) is 0 Å². The van der Waals surface area contributed by atoms with Gasteiger partial charge in [0.05, 0.1) is 16.8 Å². The monoisotopic (exact) mass is 531 g/mol. The highest BCUT2D eigenvalue weighted by molar-refractivity contribution is 14.1. The lowest BCUT2D eigenvalue weighted by molar-refractivity contribution is -0.141. The average Bonchev–Trinajstić information content (AvgIpc) is 3.28. The van der Waals surface area contributed by atoms with Gasteiger partial charge >= 0.3 is 6.18 Å². The Bertz CT molecular complexity index is 1280. The van der Waals surface area contributed by atoms with E-state index in [-0.39, 0.29) is 17.2 Å². The summed E-state index contributed by atoms with van der Waals surface area (Å²) in [5, 5.41) is 9.70. The second-order valence-corrected chi connectivity index (χ2v) is 7.40. The Morgan fingerprint density at radius 2 is 1.93 bits per heavy atom. The fourth-order valence-electron chi connectivity index (χ4n) is 2.73. The third kappa shape index (κ3) is 3.69. The second kappa shape index (κ2) is 7.27. The third-order valence-electron chi connectivity index (χ3n) is 4.14. The molecular formula is C18H10F4IN5O2. The molecule has 0 atom stereocenters. The molecule has 2 aromatic heterocycles. The number of halogens is 5. The van der Waals surface area contributed by atoms with Crippen LogP contribution in [0, 0.1) is 9.39 Å². The summed E-state index contributed by atoms with van der Waals surface area (Å²) < 4.78 is 60.2. The van der Waals surface area contributed by atoms with Crippen LogP contribution < -0.4 is 11.1 Å². The number of fused-ring (bicyclic) bond motifs is 1. The van der Waals surface area contributed by atoms with E-state index in [1.807, 2.05) is 22.6 Å². The van der Waals surface area contributed by atoms with Crippen molar-refractivity contribution in [2.45, 2.75) is 6.18 Å². The van der Waals surface area contributed by atoms with E-state index in [1.165, 1.54) is 30.3 Å². The van der Waals surface area contributed by atoms with Crippen LogP contribution in [0.15, 0.2) is 47.0 Å². The molecule has 0 aliphatic heterocycles. The minimum absolute atomic E-state index is 0.0296. The minimum atomic E-state index is -4.80. The number of alkyl halides is 3. The fraction of sp³-hybridized carbons (Fsp3) is 0.0556. The lowest BCUT2D eigenvalue weighted by Crippen LogP contribution is -2.17. The van der Waals surface area contributed by atoms with Gasteiger partial charge in [-0.25, -0.2) is 9.07 Å². The Hall–Kier alpha value is -3.16. The Labute approximate surface area is 179 Å². The Balaban J connectivity index is 1.80. The number of hydrogen-bond donors (Lipinski definition) is 2. The Kier molecular flexibility index (Phi) is 4.88. The number of nitrogens with zero attached hydrogens (tertiary/aromatic N) is 3. The van der Waals surface area contributed by atoms with Gasteiger partial charge in [0.15, 0.2) is 17.1 Å². The number of anilines is 2. The number of nitrogens with two attached hydrogens (primary N) is 1. The standard InChI is InChI=1S/C18H10F4IN5O2/c19-11-5-8(23)1-3-12(11)25-17(29)13-7-15(18(20,21)22)26-28(13)9-2-4-14-10(6-9)16(24)27-30-14/h1-7H,(H2,24,27)(H,25,29). The fourth-order valence-corrected chi connectivity index (χ4v) is 3.19. The molecule has 0 fully saturated rings. The third-order valence-corrected chi connectivity index (χ3v) is 4.81. The van der Waals surface area contributed by atoms with Gasteiger partial charge in [0.2, 0.25) is 0 Å². The number of carbonyl (C=O) groups excluding carboxylic acids is 1. The molecule has 154 valence electrons. The Morgan fingerprint density at radius 3 is 2.63 bits per heavy atom. The number of aromatic nitrogens is 3. The van der Waals surface area contributed by atoms with Gasteiger partial charge in [-0.1, -0.05) is 5.16 Å². The molecule has 4 aromatic rings. The lowest BCUT2D eigenvalue weighted by Gasteiger charge is -2.09. The zero-order chi connectivity index (χ0) is 21.6. The van der Waals surface area contributed by atoms with E-state index in [0.29, 0.717) is 20.6 Å². The highest BCUT2D eigenvalue weighted by atomic mass is 127. The van der Waals surface area contributed by atoms with Crippen molar-refractivity contribution < 1.29 is 26.9 Å². The summed E-state index contributed by atoms with van der Waals surface area (Å²) in [6.07, 6.45) is -4.80. The number of rotatable bonds is 3. The normalized spacial score (nSPS) is 11.8. The number of nitrogen functional groups attached to an aromatic ring is 1. The second-order valence-electron chi connectivity index (χ2n) is 6.15. The summed E-state index contributed by atoms with van der Waals surface area (Å²) in [6.45, 7) is 0. The van der Waals surface area contributed by atoms with E-state index in [1.54, 1.807) is 6.07 Å². The molecule has 0 bridgehead atoms. The first-order valence-electron chi connectivity index (χ1n) is 8.22. The zero-order valence-electron chi connectivity index (χ0n) is 14.7. The first-order valence-corrected chi connectivity index (χ1v) is 9.30. The number of hydrogen-bond acceptors (Lipinski definition) is 5. The molecule has 0 aliphatic carbocycles. The maximum Gasteiger partial charge on any atom is 0.435 e. The largest absolute Gasteiger partial charge is 0.435 e. The summed E-state index contributed by atoms with van der Waals surface area (Å²) in [5.74, 6) is -1.67. The predicted molar refractivity (Wildman–Crippen MR) is 108 cm³/mol. The van der Waals surface area contributed by atoms with Crippen LogP contribution in [-0.2, 0) is 6.18 Å². The van der Waals surface area contributed by atoms with E-state index in [2.05, 4.69) is 15.6 Å². The predicted octanol–water partition coefficient (Wildman–Crippen LogP) is 4.61. The molecule has 2 aromatic carbocycles. The van der Waals surface area contributed by atoms with Crippen LogP contribution >= 0.6 is 22.6 Å². The summed E-state index contributed by atoms with van der Waals surface area (Å²) in [6, 6.07) is 8.82. The van der Waals surface area contributed by atoms with Crippen LogP contribution in [0.4, 0.5) is 29.1 Å². The first kappa shape index (κ1) is 20.1. The molecule has 2 heterocycles. The molecule has 0 saturated heterocycles. The van der Waals surface area contributed by atoms with Crippen LogP contribution in [0.1, 0.15) is 16.2 Å². The molecule has 0 spiro atoms. The van der Waals surface area contributed by atoms with Crippen molar-refractivity contribution in [2.75, 3.05) is 11.1 Å². The maximum absolute atomic E-state index is 14.1. The average molecular weight is 531 g/mol. The zero-order valence-corrected chi connectivity index (χ0v) is 16.8. The van der Waals surface area contributed by atoms with Crippen molar-refractivity contribution in [3.05, 3.63) is 63.2 Å². The molecule has 1 amide bonds. The van der Waals surface area contributed by atoms with Gasteiger partial charge in [-0.3, -0.25) is 4.79 Å². The lowest BCUT2D eigenvalue weighted by atomic mass is 10.2. The smallest absolute Gasteiger partial charge is 0.380 e. The summed E-state index contributed by atoms with van der Waals surface area (Å²) in [4.78, 5) is 12.7. The molecule has 0 radical (unpaired) electrons. The molecule has 0 unspecified atom stereocenters. The van der Waals surface area contributed by atoms with Gasteiger partial charge in [0.1, 0.15) is 11.5 Å². The van der Waals surface area contributed by atoms with Gasteiger partial charge in [-0.2, -0.15) is 18.3 Å². The van der Waals surface area contributed by atoms with E-state index < -0.39 is 29.3 Å². The summed E-state index contributed by atoms with van der Waals surface area (Å²) in [5.41, 5.74) is 4.20. The highest BCUT2D eigenvalue weighted by Crippen LogP contribution is 2.31. The molecule has 7 nitrogen and oxygen atoms in total. The molecule has 0 saturated carbocycles. The van der Waals surface area contributed by atoms with Crippen molar-refractivity contribution in [1.29, 1.82) is 0 Å². The molecule has 3 N–H and O–H groups in total. The summed E-state index contributed by atoms with van der Waals surface area (Å²) in [7, 11) is 0. The van der Waals surface area contributed by atoms with E-state index >= 15 is 0 Å². The topological polar surface area (TPSA) is 99.0 Å². The first-order chi connectivity index (χ1) is 14.1. The van der Waals surface area contributed by atoms with Crippen molar-refractivity contribution in [1.82, 2.24) is 14.9 Å². The van der Waals surface area contributed by atoms with Crippen LogP contribution in [0.5, 0.6) is 0 Å². The maximum atomic E-state index is 14.1. The van der Waals surface area contributed by atoms with Crippen molar-refractivity contribution >= 4 is 51.0 Å². The summed E-state index contributed by atoms with van der Waals surface area (Å²) >= 11 is 1.89. The number of carbonyl (C=O) groups is 1. The van der Waals surface area contributed by atoms with Crippen molar-refractivity contribution in [3.8, 4) is 5.69 Å². The van der Waals surface area contributed by atoms with E-state index in [9.17, 15) is 22.4 Å². The number of benzene rings is 2. The van der Waals surface area contributed by atoms with Crippen LogP contribution in [0.25, 0.3) is 16.7 Å². The van der Waals surface area contributed by atoms with Gasteiger partial charge < -0.3 is 15.6 Å². The van der Waals surface area contributed by atoms with E-state index in [0.717, 1.165) is 4.68 Å².